The minimum atomic E-state index is -0.468. The minimum Gasteiger partial charge on any atom is -0.458 e. The van der Waals surface area contributed by atoms with Crippen LogP contribution in [0, 0.1) is 0 Å². The lowest BCUT2D eigenvalue weighted by Gasteiger charge is -2.06. The summed E-state index contributed by atoms with van der Waals surface area (Å²) in [4.78, 5) is 33.4. The van der Waals surface area contributed by atoms with Crippen LogP contribution in [-0.4, -0.2) is 21.9 Å². The van der Waals surface area contributed by atoms with E-state index in [9.17, 15) is 9.59 Å². The van der Waals surface area contributed by atoms with E-state index in [1.54, 1.807) is 12.2 Å². The Hall–Kier alpha value is -5.10. The van der Waals surface area contributed by atoms with Gasteiger partial charge in [-0.25, -0.2) is 19.6 Å². The molecule has 0 atom stereocenters. The smallest absolute Gasteiger partial charge is 0.331 e. The highest BCUT2D eigenvalue weighted by Gasteiger charge is 2.04. The molecule has 0 spiro atoms. The molecular weight excluding hydrogens is 476 g/mol. The van der Waals surface area contributed by atoms with Crippen LogP contribution >= 0.6 is 0 Å². The zero-order chi connectivity index (χ0) is 26.2. The van der Waals surface area contributed by atoms with Crippen LogP contribution in [0.2, 0.25) is 0 Å². The van der Waals surface area contributed by atoms with Gasteiger partial charge in [0, 0.05) is 22.9 Å². The summed E-state index contributed by atoms with van der Waals surface area (Å²) in [6.45, 7) is 0.202. The van der Waals surface area contributed by atoms with Gasteiger partial charge in [-0.05, 0) is 53.6 Å². The third-order valence-electron chi connectivity index (χ3n) is 5.77. The number of benzene rings is 3. The lowest BCUT2D eigenvalue weighted by molar-refractivity contribution is -0.139. The van der Waals surface area contributed by atoms with Crippen LogP contribution in [0.1, 0.15) is 22.5 Å². The standard InChI is InChI=1S/C32H24N2O4/c35-31(18-16-27-14-12-25-8-1-3-10-29(25)33-27)37-21-23-6-5-7-24(20-23)22-38-32(36)19-17-28-15-13-26-9-2-4-11-30(26)34-28/h1-20H,21-22H2/b18-16+,19-17+. The van der Waals surface area contributed by atoms with Gasteiger partial charge in [-0.15, -0.1) is 0 Å². The number of fused-ring (bicyclic) bond motifs is 2. The second-order valence-electron chi connectivity index (χ2n) is 8.56. The van der Waals surface area contributed by atoms with Gasteiger partial charge in [-0.2, -0.15) is 0 Å². The highest BCUT2D eigenvalue weighted by Crippen LogP contribution is 2.14. The van der Waals surface area contributed by atoms with E-state index >= 15 is 0 Å². The number of para-hydroxylation sites is 2. The third kappa shape index (κ3) is 6.56. The first-order chi connectivity index (χ1) is 18.6. The Morgan fingerprint density at radius 3 is 1.55 bits per heavy atom. The fraction of sp³-hybridized carbons (Fsp3) is 0.0625. The summed E-state index contributed by atoms with van der Waals surface area (Å²) in [5.74, 6) is -0.937. The second-order valence-corrected chi connectivity index (χ2v) is 8.56. The highest BCUT2D eigenvalue weighted by atomic mass is 16.5. The zero-order valence-corrected chi connectivity index (χ0v) is 20.5. The van der Waals surface area contributed by atoms with Gasteiger partial charge >= 0.3 is 11.9 Å². The quantitative estimate of drug-likeness (QED) is 0.184. The maximum absolute atomic E-state index is 12.2. The number of hydrogen-bond donors (Lipinski definition) is 0. The maximum Gasteiger partial charge on any atom is 0.331 e. The average Bonchev–Trinajstić information content (AvgIpc) is 2.97. The molecular formula is C32H24N2O4. The van der Waals surface area contributed by atoms with E-state index in [1.165, 1.54) is 12.2 Å². The molecule has 0 saturated heterocycles. The third-order valence-corrected chi connectivity index (χ3v) is 5.77. The zero-order valence-electron chi connectivity index (χ0n) is 20.5. The van der Waals surface area contributed by atoms with Crippen LogP contribution in [0.15, 0.2) is 109 Å². The van der Waals surface area contributed by atoms with Crippen molar-refractivity contribution in [2.75, 3.05) is 0 Å². The Balaban J connectivity index is 1.11. The molecule has 0 aliphatic rings. The molecule has 6 heteroatoms. The molecule has 0 N–H and O–H groups in total. The number of carbonyl (C=O) groups is 2. The number of nitrogens with zero attached hydrogens (tertiary/aromatic N) is 2. The number of aromatic nitrogens is 2. The number of carbonyl (C=O) groups excluding carboxylic acids is 2. The largest absolute Gasteiger partial charge is 0.458 e. The molecule has 186 valence electrons. The molecule has 2 aromatic heterocycles. The maximum atomic E-state index is 12.2. The van der Waals surface area contributed by atoms with Gasteiger partial charge in [0.1, 0.15) is 13.2 Å². The van der Waals surface area contributed by atoms with E-state index in [4.69, 9.17) is 9.47 Å². The van der Waals surface area contributed by atoms with Gasteiger partial charge < -0.3 is 9.47 Å². The molecule has 3 aromatic carbocycles. The van der Waals surface area contributed by atoms with E-state index in [1.807, 2.05) is 97.1 Å². The van der Waals surface area contributed by atoms with E-state index in [0.29, 0.717) is 11.4 Å². The molecule has 0 fully saturated rings. The van der Waals surface area contributed by atoms with Crippen LogP contribution < -0.4 is 0 Å². The van der Waals surface area contributed by atoms with Gasteiger partial charge in [0.05, 0.1) is 22.4 Å². The fourth-order valence-corrected chi connectivity index (χ4v) is 3.87. The van der Waals surface area contributed by atoms with Crippen LogP contribution in [0.3, 0.4) is 0 Å². The van der Waals surface area contributed by atoms with E-state index in [-0.39, 0.29) is 13.2 Å². The molecule has 0 amide bonds. The molecule has 0 radical (unpaired) electrons. The first-order valence-corrected chi connectivity index (χ1v) is 12.1. The lowest BCUT2D eigenvalue weighted by Crippen LogP contribution is -2.03. The number of pyridine rings is 2. The molecule has 0 unspecified atom stereocenters. The van der Waals surface area contributed by atoms with Gasteiger partial charge in [0.25, 0.3) is 0 Å². The molecule has 5 aromatic rings. The number of rotatable bonds is 8. The van der Waals surface area contributed by atoms with Crippen molar-refractivity contribution in [1.82, 2.24) is 9.97 Å². The summed E-state index contributed by atoms with van der Waals surface area (Å²) in [6.07, 6.45) is 5.98. The molecule has 0 bridgehead atoms. The summed E-state index contributed by atoms with van der Waals surface area (Å²) in [6, 6.07) is 30.6. The van der Waals surface area contributed by atoms with Gasteiger partial charge in [-0.1, -0.05) is 66.7 Å². The predicted octanol–water partition coefficient (Wildman–Crippen LogP) is 6.30. The topological polar surface area (TPSA) is 78.4 Å². The molecule has 2 heterocycles. The molecule has 0 saturated carbocycles. The van der Waals surface area contributed by atoms with E-state index in [2.05, 4.69) is 9.97 Å². The monoisotopic (exact) mass is 500 g/mol. The van der Waals surface area contributed by atoms with Crippen LogP contribution in [-0.2, 0) is 32.3 Å². The average molecular weight is 501 g/mol. The van der Waals surface area contributed by atoms with Crippen LogP contribution in [0.25, 0.3) is 34.0 Å². The van der Waals surface area contributed by atoms with Gasteiger partial charge in [0.2, 0.25) is 0 Å². The molecule has 6 nitrogen and oxygen atoms in total. The van der Waals surface area contributed by atoms with Crippen molar-refractivity contribution in [1.29, 1.82) is 0 Å². The van der Waals surface area contributed by atoms with E-state index < -0.39 is 11.9 Å². The Bertz CT molecular complexity index is 1550. The van der Waals surface area contributed by atoms with Gasteiger partial charge in [-0.3, -0.25) is 0 Å². The van der Waals surface area contributed by atoms with Crippen molar-refractivity contribution in [2.24, 2.45) is 0 Å². The lowest BCUT2D eigenvalue weighted by atomic mass is 10.1. The first-order valence-electron chi connectivity index (χ1n) is 12.1. The summed E-state index contributed by atoms with van der Waals surface area (Å²) in [5.41, 5.74) is 4.66. The Labute approximate surface area is 219 Å². The minimum absolute atomic E-state index is 0.101. The SMILES string of the molecule is O=C(/C=C/c1ccc2ccccc2n1)OCc1cccc(COC(=O)/C=C/c2ccc3ccccc3n2)c1. The van der Waals surface area contributed by atoms with E-state index in [0.717, 1.165) is 32.9 Å². The van der Waals surface area contributed by atoms with Crippen molar-refractivity contribution in [3.63, 3.8) is 0 Å². The van der Waals surface area contributed by atoms with Crippen LogP contribution in [0.4, 0.5) is 0 Å². The molecule has 38 heavy (non-hydrogen) atoms. The Morgan fingerprint density at radius 1 is 0.579 bits per heavy atom. The molecule has 5 rings (SSSR count). The second kappa shape index (κ2) is 11.8. The Kier molecular flexibility index (Phi) is 7.61. The van der Waals surface area contributed by atoms with Crippen LogP contribution in [0.5, 0.6) is 0 Å². The van der Waals surface area contributed by atoms with Crippen molar-refractivity contribution in [2.45, 2.75) is 13.2 Å². The number of hydrogen-bond acceptors (Lipinski definition) is 6. The fourth-order valence-electron chi connectivity index (χ4n) is 3.87. The van der Waals surface area contributed by atoms with Crippen molar-refractivity contribution in [3.05, 3.63) is 132 Å². The van der Waals surface area contributed by atoms with Gasteiger partial charge in [0.15, 0.2) is 0 Å². The van der Waals surface area contributed by atoms with Crippen molar-refractivity contribution in [3.8, 4) is 0 Å². The summed E-state index contributed by atoms with van der Waals surface area (Å²) in [5, 5.41) is 2.08. The summed E-state index contributed by atoms with van der Waals surface area (Å²) in [7, 11) is 0. The molecule has 0 aliphatic heterocycles. The van der Waals surface area contributed by atoms with Crippen molar-refractivity contribution >= 4 is 45.9 Å². The summed E-state index contributed by atoms with van der Waals surface area (Å²) >= 11 is 0. The first kappa shape index (κ1) is 24.6. The molecule has 0 aliphatic carbocycles. The normalized spacial score (nSPS) is 11.4. The number of esters is 2. The Morgan fingerprint density at radius 2 is 1.05 bits per heavy atom. The highest BCUT2D eigenvalue weighted by molar-refractivity contribution is 5.88. The van der Waals surface area contributed by atoms with Crippen molar-refractivity contribution < 1.29 is 19.1 Å². The predicted molar refractivity (Wildman–Crippen MR) is 148 cm³/mol. The number of ether oxygens (including phenoxy) is 2. The summed E-state index contributed by atoms with van der Waals surface area (Å²) < 4.78 is 10.7.